The molecule has 4 heteroatoms. The lowest BCUT2D eigenvalue weighted by atomic mass is 9.95. The van der Waals surface area contributed by atoms with Gasteiger partial charge in [-0.15, -0.1) is 0 Å². The average molecular weight is 286 g/mol. The number of carbonyl (C=O) groups is 1. The van der Waals surface area contributed by atoms with Gasteiger partial charge in [-0.3, -0.25) is 4.79 Å². The highest BCUT2D eigenvalue weighted by atomic mass is 16.5. The maximum absolute atomic E-state index is 12.2. The molecule has 1 aromatic carbocycles. The number of nitrogens with one attached hydrogen (secondary N) is 1. The second-order valence-electron chi connectivity index (χ2n) is 5.74. The summed E-state index contributed by atoms with van der Waals surface area (Å²) in [5, 5.41) is 4.21. The summed E-state index contributed by atoms with van der Waals surface area (Å²) in [6.07, 6.45) is 7.95. The number of fused-ring (bicyclic) bond motifs is 1. The third-order valence-corrected chi connectivity index (χ3v) is 4.28. The van der Waals surface area contributed by atoms with Gasteiger partial charge in [-0.05, 0) is 31.0 Å². The molecule has 21 heavy (non-hydrogen) atoms. The van der Waals surface area contributed by atoms with Gasteiger partial charge >= 0.3 is 0 Å². The van der Waals surface area contributed by atoms with Gasteiger partial charge in [-0.2, -0.15) is 0 Å². The summed E-state index contributed by atoms with van der Waals surface area (Å²) in [6, 6.07) is 8.28. The molecular weight excluding hydrogens is 264 g/mol. The summed E-state index contributed by atoms with van der Waals surface area (Å²) < 4.78 is 7.34. The summed E-state index contributed by atoms with van der Waals surface area (Å²) in [4.78, 5) is 12.2. The van der Waals surface area contributed by atoms with Crippen LogP contribution in [0.5, 0.6) is 5.75 Å². The van der Waals surface area contributed by atoms with Gasteiger partial charge in [0.05, 0.1) is 12.6 Å². The van der Waals surface area contributed by atoms with Crippen molar-refractivity contribution >= 4 is 16.8 Å². The van der Waals surface area contributed by atoms with E-state index in [0.717, 1.165) is 29.5 Å². The Morgan fingerprint density at radius 2 is 2.10 bits per heavy atom. The van der Waals surface area contributed by atoms with E-state index in [1.165, 1.54) is 19.3 Å². The SMILES string of the molecule is COc1cccc2c1ccn2CC(=O)NC1CCCCC1. The highest BCUT2D eigenvalue weighted by Gasteiger charge is 2.16. The molecule has 0 radical (unpaired) electrons. The molecule has 3 rings (SSSR count). The van der Waals surface area contributed by atoms with E-state index in [9.17, 15) is 4.79 Å². The Balaban J connectivity index is 1.71. The summed E-state index contributed by atoms with van der Waals surface area (Å²) in [5.74, 6) is 0.946. The Morgan fingerprint density at radius 3 is 2.86 bits per heavy atom. The molecule has 1 aromatic heterocycles. The topological polar surface area (TPSA) is 43.3 Å². The van der Waals surface area contributed by atoms with Crippen LogP contribution in [0.15, 0.2) is 30.5 Å². The van der Waals surface area contributed by atoms with Crippen LogP contribution in [0.4, 0.5) is 0 Å². The van der Waals surface area contributed by atoms with Gasteiger partial charge in [0.1, 0.15) is 12.3 Å². The third-order valence-electron chi connectivity index (χ3n) is 4.28. The van der Waals surface area contributed by atoms with Crippen molar-refractivity contribution in [2.75, 3.05) is 7.11 Å². The Kier molecular flexibility index (Phi) is 4.13. The molecule has 0 unspecified atom stereocenters. The molecule has 1 aliphatic rings. The Hall–Kier alpha value is -1.97. The van der Waals surface area contributed by atoms with Gasteiger partial charge in [0.25, 0.3) is 0 Å². The van der Waals surface area contributed by atoms with E-state index in [1.807, 2.05) is 35.0 Å². The fourth-order valence-corrected chi connectivity index (χ4v) is 3.19. The zero-order valence-corrected chi connectivity index (χ0v) is 12.5. The smallest absolute Gasteiger partial charge is 0.240 e. The number of carbonyl (C=O) groups excluding carboxylic acids is 1. The van der Waals surface area contributed by atoms with Crippen molar-refractivity contribution in [3.8, 4) is 5.75 Å². The van der Waals surface area contributed by atoms with Crippen molar-refractivity contribution in [1.82, 2.24) is 9.88 Å². The second kappa shape index (κ2) is 6.20. The number of rotatable bonds is 4. The maximum atomic E-state index is 12.2. The van der Waals surface area contributed by atoms with Gasteiger partial charge in [0.15, 0.2) is 0 Å². The maximum Gasteiger partial charge on any atom is 0.240 e. The number of hydrogen-bond donors (Lipinski definition) is 1. The average Bonchev–Trinajstić information content (AvgIpc) is 2.91. The van der Waals surface area contributed by atoms with Crippen LogP contribution in [-0.4, -0.2) is 23.6 Å². The molecule has 0 aliphatic heterocycles. The molecule has 1 fully saturated rings. The number of nitrogens with zero attached hydrogens (tertiary/aromatic N) is 1. The summed E-state index contributed by atoms with van der Waals surface area (Å²) in [5.41, 5.74) is 1.04. The minimum atomic E-state index is 0.0993. The molecule has 0 saturated heterocycles. The van der Waals surface area contributed by atoms with Crippen LogP contribution < -0.4 is 10.1 Å². The third kappa shape index (κ3) is 3.04. The second-order valence-corrected chi connectivity index (χ2v) is 5.74. The van der Waals surface area contributed by atoms with Crippen molar-refractivity contribution in [3.05, 3.63) is 30.5 Å². The van der Waals surface area contributed by atoms with Crippen LogP contribution in [0.3, 0.4) is 0 Å². The Labute approximate surface area is 125 Å². The van der Waals surface area contributed by atoms with Gasteiger partial charge in [-0.1, -0.05) is 25.3 Å². The molecule has 112 valence electrons. The molecular formula is C17H22N2O2. The minimum absolute atomic E-state index is 0.0993. The number of amides is 1. The predicted octanol–water partition coefficient (Wildman–Crippen LogP) is 3.10. The lowest BCUT2D eigenvalue weighted by Gasteiger charge is -2.22. The van der Waals surface area contributed by atoms with E-state index in [-0.39, 0.29) is 5.91 Å². The molecule has 1 saturated carbocycles. The van der Waals surface area contributed by atoms with E-state index in [4.69, 9.17) is 4.74 Å². The Morgan fingerprint density at radius 1 is 1.29 bits per heavy atom. The van der Waals surface area contributed by atoms with E-state index < -0.39 is 0 Å². The highest BCUT2D eigenvalue weighted by molar-refractivity contribution is 5.88. The zero-order chi connectivity index (χ0) is 14.7. The molecule has 1 aliphatic carbocycles. The number of ether oxygens (including phenoxy) is 1. The quantitative estimate of drug-likeness (QED) is 0.938. The first kappa shape index (κ1) is 14.0. The van der Waals surface area contributed by atoms with Crippen molar-refractivity contribution in [1.29, 1.82) is 0 Å². The van der Waals surface area contributed by atoms with Gasteiger partial charge in [-0.25, -0.2) is 0 Å². The zero-order valence-electron chi connectivity index (χ0n) is 12.5. The monoisotopic (exact) mass is 286 g/mol. The van der Waals surface area contributed by atoms with Crippen LogP contribution in [0.1, 0.15) is 32.1 Å². The highest BCUT2D eigenvalue weighted by Crippen LogP contribution is 2.26. The van der Waals surface area contributed by atoms with Crippen LogP contribution in [0.25, 0.3) is 10.9 Å². The molecule has 0 spiro atoms. The lowest BCUT2D eigenvalue weighted by Crippen LogP contribution is -2.38. The van der Waals surface area contributed by atoms with Crippen molar-refractivity contribution in [2.24, 2.45) is 0 Å². The standard InChI is InChI=1S/C17H22N2O2/c1-21-16-9-5-8-15-14(16)10-11-19(15)12-17(20)18-13-6-3-2-4-7-13/h5,8-11,13H,2-4,6-7,12H2,1H3,(H,18,20). The summed E-state index contributed by atoms with van der Waals surface area (Å²) >= 11 is 0. The van der Waals surface area contributed by atoms with Crippen molar-refractivity contribution in [2.45, 2.75) is 44.7 Å². The number of methoxy groups -OCH3 is 1. The number of hydrogen-bond acceptors (Lipinski definition) is 2. The molecule has 1 heterocycles. The first-order chi connectivity index (χ1) is 10.3. The van der Waals surface area contributed by atoms with E-state index in [1.54, 1.807) is 7.11 Å². The Bertz CT molecular complexity index is 627. The number of benzene rings is 1. The van der Waals surface area contributed by atoms with Crippen LogP contribution in [-0.2, 0) is 11.3 Å². The first-order valence-electron chi connectivity index (χ1n) is 7.69. The van der Waals surface area contributed by atoms with Crippen molar-refractivity contribution < 1.29 is 9.53 Å². The molecule has 0 bridgehead atoms. The van der Waals surface area contributed by atoms with Crippen LogP contribution in [0.2, 0.25) is 0 Å². The van der Waals surface area contributed by atoms with Gasteiger partial charge in [0, 0.05) is 17.6 Å². The fraction of sp³-hybridized carbons (Fsp3) is 0.471. The van der Waals surface area contributed by atoms with Gasteiger partial charge in [0.2, 0.25) is 5.91 Å². The van der Waals surface area contributed by atoms with Crippen molar-refractivity contribution in [3.63, 3.8) is 0 Å². The fourth-order valence-electron chi connectivity index (χ4n) is 3.19. The molecule has 1 N–H and O–H groups in total. The predicted molar refractivity (Wildman–Crippen MR) is 83.5 cm³/mol. The van der Waals surface area contributed by atoms with Crippen LogP contribution >= 0.6 is 0 Å². The molecule has 2 aromatic rings. The lowest BCUT2D eigenvalue weighted by molar-refractivity contribution is -0.122. The molecule has 1 amide bonds. The largest absolute Gasteiger partial charge is 0.496 e. The van der Waals surface area contributed by atoms with E-state index >= 15 is 0 Å². The van der Waals surface area contributed by atoms with Crippen LogP contribution in [0, 0.1) is 0 Å². The normalized spacial score (nSPS) is 16.0. The molecule has 0 atom stereocenters. The van der Waals surface area contributed by atoms with E-state index in [2.05, 4.69) is 5.32 Å². The summed E-state index contributed by atoms with van der Waals surface area (Å²) in [7, 11) is 1.67. The minimum Gasteiger partial charge on any atom is -0.496 e. The van der Waals surface area contributed by atoms with E-state index in [0.29, 0.717) is 12.6 Å². The summed E-state index contributed by atoms with van der Waals surface area (Å²) in [6.45, 7) is 0.368. The molecule has 4 nitrogen and oxygen atoms in total. The van der Waals surface area contributed by atoms with Gasteiger partial charge < -0.3 is 14.6 Å². The first-order valence-corrected chi connectivity index (χ1v) is 7.69. The number of aromatic nitrogens is 1.